The first-order valence-corrected chi connectivity index (χ1v) is 12.7. The maximum absolute atomic E-state index is 12.0. The number of aryl methyl sites for hydroxylation is 2. The summed E-state index contributed by atoms with van der Waals surface area (Å²) in [5, 5.41) is 0. The Morgan fingerprint density at radius 1 is 0.943 bits per heavy atom. The molecule has 0 N–H and O–H groups in total. The summed E-state index contributed by atoms with van der Waals surface area (Å²) < 4.78 is 10.8. The molecule has 0 fully saturated rings. The topological polar surface area (TPSA) is 59.1 Å². The van der Waals surface area contributed by atoms with Gasteiger partial charge in [-0.2, -0.15) is 0 Å². The third-order valence-electron chi connectivity index (χ3n) is 5.41. The van der Waals surface area contributed by atoms with Crippen LogP contribution in [0.2, 0.25) is 0 Å². The predicted octanol–water partition coefficient (Wildman–Crippen LogP) is 6.24. The summed E-state index contributed by atoms with van der Waals surface area (Å²) in [4.78, 5) is 27.1. The molecule has 0 aliphatic rings. The van der Waals surface area contributed by atoms with Gasteiger partial charge in [-0.15, -0.1) is 23.2 Å². The van der Waals surface area contributed by atoms with Crippen molar-refractivity contribution in [3.05, 3.63) is 53.1 Å². The molecule has 194 valence electrons. The minimum Gasteiger partial charge on any atom is -0.495 e. The first kappa shape index (κ1) is 30.8. The lowest BCUT2D eigenvalue weighted by Gasteiger charge is -2.28. The van der Waals surface area contributed by atoms with E-state index in [0.717, 1.165) is 23.2 Å². The molecular weight excluding hydrogens is 487 g/mol. The zero-order valence-corrected chi connectivity index (χ0v) is 23.4. The molecule has 0 aromatic heterocycles. The van der Waals surface area contributed by atoms with Gasteiger partial charge in [-0.3, -0.25) is 14.5 Å². The average Bonchev–Trinajstić information content (AvgIpc) is 2.84. The van der Waals surface area contributed by atoms with Crippen molar-refractivity contribution in [2.24, 2.45) is 0 Å². The molecule has 0 spiro atoms. The van der Waals surface area contributed by atoms with Gasteiger partial charge in [0.05, 0.1) is 12.8 Å². The molecule has 35 heavy (non-hydrogen) atoms. The highest BCUT2D eigenvalue weighted by molar-refractivity contribution is 6.30. The van der Waals surface area contributed by atoms with Crippen molar-refractivity contribution in [3.8, 4) is 5.75 Å². The average molecular weight is 526 g/mol. The summed E-state index contributed by atoms with van der Waals surface area (Å²) in [5.41, 5.74) is 4.94. The maximum atomic E-state index is 12.0. The fraction of sp³-hybridized carbons (Fsp3) is 0.481. The molecule has 2 aromatic rings. The van der Waals surface area contributed by atoms with Crippen molar-refractivity contribution in [1.29, 1.82) is 0 Å². The Hall–Kier alpha value is -2.28. The van der Waals surface area contributed by atoms with Gasteiger partial charge in [-0.1, -0.05) is 31.2 Å². The molecule has 0 radical (unpaired) electrons. The van der Waals surface area contributed by atoms with Gasteiger partial charge in [-0.25, -0.2) is 0 Å². The van der Waals surface area contributed by atoms with Crippen LogP contribution in [0.3, 0.4) is 0 Å². The van der Waals surface area contributed by atoms with E-state index < -0.39 is 0 Å². The van der Waals surface area contributed by atoms with E-state index in [1.54, 1.807) is 12.0 Å². The van der Waals surface area contributed by atoms with E-state index in [0.29, 0.717) is 18.0 Å². The van der Waals surface area contributed by atoms with Crippen LogP contribution in [0, 0.1) is 20.8 Å². The number of ether oxygens (including phenoxy) is 2. The summed E-state index contributed by atoms with van der Waals surface area (Å²) in [7, 11) is 1.58. The Bertz CT molecular complexity index is 966. The Balaban J connectivity index is 0.000000355. The molecule has 0 bridgehead atoms. The van der Waals surface area contributed by atoms with Crippen LogP contribution in [0.1, 0.15) is 43.9 Å². The lowest BCUT2D eigenvalue weighted by Crippen LogP contribution is -2.38. The number of rotatable bonds is 10. The molecule has 2 rings (SSSR count). The van der Waals surface area contributed by atoms with E-state index in [-0.39, 0.29) is 36.3 Å². The number of nitrogens with zero attached hydrogens (tertiary/aromatic N) is 2. The molecule has 0 heterocycles. The molecule has 0 unspecified atom stereocenters. The van der Waals surface area contributed by atoms with Gasteiger partial charge in [0, 0.05) is 18.3 Å². The smallest absolute Gasteiger partial charge is 0.243 e. The predicted molar refractivity (Wildman–Crippen MR) is 146 cm³/mol. The van der Waals surface area contributed by atoms with Crippen LogP contribution in [-0.2, 0) is 14.3 Å². The second-order valence-electron chi connectivity index (χ2n) is 8.33. The van der Waals surface area contributed by atoms with Crippen LogP contribution >= 0.6 is 23.2 Å². The Morgan fingerprint density at radius 2 is 1.54 bits per heavy atom. The second kappa shape index (κ2) is 15.7. The van der Waals surface area contributed by atoms with Gasteiger partial charge in [0.15, 0.2) is 0 Å². The normalized spacial score (nSPS) is 10.5. The lowest BCUT2D eigenvalue weighted by molar-refractivity contribution is -0.118. The third-order valence-corrected chi connectivity index (χ3v) is 5.87. The number of benzene rings is 2. The molecule has 0 aliphatic carbocycles. The highest BCUT2D eigenvalue weighted by atomic mass is 35.5. The van der Waals surface area contributed by atoms with Crippen molar-refractivity contribution in [2.45, 2.75) is 54.0 Å². The summed E-state index contributed by atoms with van der Waals surface area (Å²) in [6.07, 6.45) is 0.897. The second-order valence-corrected chi connectivity index (χ2v) is 8.86. The SMILES string of the molecule is CCCOCN(C(=O)CCl)c1c(C)cccc1OC.Cc1cccc(N(C(=O)CCl)C(C)C)c1C. The van der Waals surface area contributed by atoms with Gasteiger partial charge in [0.2, 0.25) is 11.8 Å². The largest absolute Gasteiger partial charge is 0.495 e. The molecule has 2 aromatic carbocycles. The highest BCUT2D eigenvalue weighted by Gasteiger charge is 2.21. The van der Waals surface area contributed by atoms with Gasteiger partial charge >= 0.3 is 0 Å². The van der Waals surface area contributed by atoms with Crippen molar-refractivity contribution < 1.29 is 19.1 Å². The molecule has 0 atom stereocenters. The fourth-order valence-corrected chi connectivity index (χ4v) is 3.81. The van der Waals surface area contributed by atoms with Crippen LogP contribution in [0.15, 0.2) is 36.4 Å². The Labute approximate surface area is 220 Å². The molecule has 6 nitrogen and oxygen atoms in total. The van der Waals surface area contributed by atoms with E-state index in [2.05, 4.69) is 0 Å². The molecule has 2 amide bonds. The monoisotopic (exact) mass is 524 g/mol. The van der Waals surface area contributed by atoms with Crippen molar-refractivity contribution in [2.75, 3.05) is 42.0 Å². The number of amides is 2. The van der Waals surface area contributed by atoms with E-state index in [4.69, 9.17) is 32.7 Å². The summed E-state index contributed by atoms with van der Waals surface area (Å²) in [6.45, 7) is 12.8. The molecule has 8 heteroatoms. The molecule has 0 saturated carbocycles. The van der Waals surface area contributed by atoms with Crippen LogP contribution in [0.4, 0.5) is 11.4 Å². The minimum absolute atomic E-state index is 0.0194. The molecule has 0 saturated heterocycles. The van der Waals surface area contributed by atoms with E-state index in [1.165, 1.54) is 10.5 Å². The standard InChI is InChI=1S/C14H20ClNO3.C13H18ClNO/c1-4-8-19-10-16(13(17)9-15)14-11(2)6-5-7-12(14)18-3;1-9(2)15(13(16)8-14)12-7-5-6-10(3)11(12)4/h5-7H,4,8-10H2,1-3H3;5-7,9H,8H2,1-4H3. The van der Waals surface area contributed by atoms with Crippen LogP contribution in [0.25, 0.3) is 0 Å². The number of anilines is 2. The number of halogens is 2. The zero-order chi connectivity index (χ0) is 26.5. The first-order valence-electron chi connectivity index (χ1n) is 11.7. The number of para-hydroxylation sites is 1. The van der Waals surface area contributed by atoms with E-state index in [1.807, 2.05) is 77.9 Å². The van der Waals surface area contributed by atoms with Crippen molar-refractivity contribution in [3.63, 3.8) is 0 Å². The number of hydrogen-bond acceptors (Lipinski definition) is 4. The maximum Gasteiger partial charge on any atom is 0.243 e. The van der Waals surface area contributed by atoms with Crippen LogP contribution in [-0.4, -0.2) is 50.1 Å². The van der Waals surface area contributed by atoms with Gasteiger partial charge in [-0.05, 0) is 69.9 Å². The van der Waals surface area contributed by atoms with E-state index >= 15 is 0 Å². The van der Waals surface area contributed by atoms with Gasteiger partial charge < -0.3 is 14.4 Å². The lowest BCUT2D eigenvalue weighted by atomic mass is 10.1. The van der Waals surface area contributed by atoms with Crippen LogP contribution < -0.4 is 14.5 Å². The highest BCUT2D eigenvalue weighted by Crippen LogP contribution is 2.32. The number of hydrogen-bond donors (Lipinski definition) is 0. The number of alkyl halides is 2. The summed E-state index contributed by atoms with van der Waals surface area (Å²) in [5.74, 6) is 0.313. The summed E-state index contributed by atoms with van der Waals surface area (Å²) >= 11 is 11.3. The Morgan fingerprint density at radius 3 is 2.09 bits per heavy atom. The van der Waals surface area contributed by atoms with E-state index in [9.17, 15) is 9.59 Å². The van der Waals surface area contributed by atoms with Crippen molar-refractivity contribution >= 4 is 46.4 Å². The Kier molecular flexibility index (Phi) is 13.8. The summed E-state index contributed by atoms with van der Waals surface area (Å²) in [6, 6.07) is 11.7. The van der Waals surface area contributed by atoms with Gasteiger partial charge in [0.25, 0.3) is 0 Å². The quantitative estimate of drug-likeness (QED) is 0.209. The molecular formula is C27H38Cl2N2O4. The third kappa shape index (κ3) is 8.71. The molecule has 0 aliphatic heterocycles. The number of methoxy groups -OCH3 is 1. The minimum atomic E-state index is -0.203. The number of carbonyl (C=O) groups is 2. The van der Waals surface area contributed by atoms with Crippen molar-refractivity contribution in [1.82, 2.24) is 0 Å². The van der Waals surface area contributed by atoms with Crippen LogP contribution in [0.5, 0.6) is 5.75 Å². The first-order chi connectivity index (χ1) is 16.6. The number of carbonyl (C=O) groups excluding carboxylic acids is 2. The fourth-order valence-electron chi connectivity index (χ4n) is 3.54. The zero-order valence-electron chi connectivity index (χ0n) is 21.9. The van der Waals surface area contributed by atoms with Gasteiger partial charge in [0.1, 0.15) is 24.2 Å².